The topological polar surface area (TPSA) is 96.5 Å². The zero-order valence-electron chi connectivity index (χ0n) is 18.9. The molecule has 0 radical (unpaired) electrons. The fourth-order valence-electron chi connectivity index (χ4n) is 5.37. The molecule has 6 rings (SSSR count). The number of hydrogen-bond acceptors (Lipinski definition) is 6. The summed E-state index contributed by atoms with van der Waals surface area (Å²) in [5.74, 6) is -0.481. The SMILES string of the molecule is CC1CN(Cc2nc3ccccn3n2)CC1c1nn2c(C3CCC(F)(F)CC3)ncc2c(=O)[nH]1. The molecule has 1 aliphatic heterocycles. The molecule has 1 N–H and O–H groups in total. The van der Waals surface area contributed by atoms with Gasteiger partial charge in [-0.15, -0.1) is 5.10 Å². The van der Waals surface area contributed by atoms with Crippen molar-refractivity contribution in [2.24, 2.45) is 5.92 Å². The summed E-state index contributed by atoms with van der Waals surface area (Å²) in [6, 6.07) is 5.77. The maximum absolute atomic E-state index is 13.6. The number of nitrogens with one attached hydrogen (secondary N) is 1. The van der Waals surface area contributed by atoms with E-state index < -0.39 is 5.92 Å². The maximum atomic E-state index is 13.6. The van der Waals surface area contributed by atoms with E-state index in [9.17, 15) is 13.6 Å². The molecule has 2 fully saturated rings. The first kappa shape index (κ1) is 21.3. The lowest BCUT2D eigenvalue weighted by Gasteiger charge is -2.27. The van der Waals surface area contributed by atoms with Gasteiger partial charge in [-0.05, 0) is 30.9 Å². The molecule has 1 saturated heterocycles. The van der Waals surface area contributed by atoms with Crippen LogP contribution in [0.15, 0.2) is 35.4 Å². The molecule has 1 saturated carbocycles. The van der Waals surface area contributed by atoms with Crippen molar-refractivity contribution in [2.75, 3.05) is 13.1 Å². The van der Waals surface area contributed by atoms with E-state index >= 15 is 0 Å². The predicted octanol–water partition coefficient (Wildman–Crippen LogP) is 2.99. The van der Waals surface area contributed by atoms with E-state index in [4.69, 9.17) is 5.10 Å². The molecule has 178 valence electrons. The largest absolute Gasteiger partial charge is 0.307 e. The molecule has 0 amide bonds. The number of aromatic amines is 1. The second-order valence-corrected chi connectivity index (χ2v) is 9.69. The van der Waals surface area contributed by atoms with Crippen molar-refractivity contribution in [3.05, 3.63) is 58.4 Å². The van der Waals surface area contributed by atoms with Gasteiger partial charge in [0.2, 0.25) is 5.92 Å². The molecule has 5 heterocycles. The Balaban J connectivity index is 1.25. The third-order valence-electron chi connectivity index (χ3n) is 7.22. The normalized spacial score (nSPS) is 23.9. The number of fused-ring (bicyclic) bond motifs is 2. The van der Waals surface area contributed by atoms with Crippen LogP contribution in [0.25, 0.3) is 11.2 Å². The van der Waals surface area contributed by atoms with Crippen LogP contribution in [-0.4, -0.2) is 58.1 Å². The first-order chi connectivity index (χ1) is 16.4. The number of imidazole rings is 1. The Kier molecular flexibility index (Phi) is 4.98. The van der Waals surface area contributed by atoms with Crippen LogP contribution in [0.5, 0.6) is 0 Å². The first-order valence-corrected chi connectivity index (χ1v) is 11.7. The van der Waals surface area contributed by atoms with Gasteiger partial charge < -0.3 is 4.98 Å². The fourth-order valence-corrected chi connectivity index (χ4v) is 5.37. The smallest absolute Gasteiger partial charge is 0.276 e. The van der Waals surface area contributed by atoms with E-state index in [2.05, 4.69) is 31.9 Å². The molecule has 9 nitrogen and oxygen atoms in total. The van der Waals surface area contributed by atoms with Crippen molar-refractivity contribution in [1.82, 2.24) is 39.1 Å². The summed E-state index contributed by atoms with van der Waals surface area (Å²) in [5.41, 5.74) is 0.913. The van der Waals surface area contributed by atoms with Gasteiger partial charge in [0, 0.05) is 44.0 Å². The Labute approximate surface area is 193 Å². The molecule has 4 aromatic heterocycles. The highest BCUT2D eigenvalue weighted by Crippen LogP contribution is 2.40. The van der Waals surface area contributed by atoms with Gasteiger partial charge >= 0.3 is 0 Å². The molecule has 34 heavy (non-hydrogen) atoms. The van der Waals surface area contributed by atoms with Gasteiger partial charge in [-0.2, -0.15) is 5.10 Å². The summed E-state index contributed by atoms with van der Waals surface area (Å²) in [5, 5.41) is 9.31. The van der Waals surface area contributed by atoms with E-state index in [0.29, 0.717) is 43.1 Å². The summed E-state index contributed by atoms with van der Waals surface area (Å²) in [4.78, 5) is 27.0. The third-order valence-corrected chi connectivity index (χ3v) is 7.22. The lowest BCUT2D eigenvalue weighted by molar-refractivity contribution is -0.0388. The van der Waals surface area contributed by atoms with Crippen molar-refractivity contribution < 1.29 is 8.78 Å². The average Bonchev–Trinajstić information content (AvgIpc) is 3.50. The summed E-state index contributed by atoms with van der Waals surface area (Å²) < 4.78 is 30.6. The van der Waals surface area contributed by atoms with Crippen LogP contribution < -0.4 is 5.56 Å². The molecule has 2 aliphatic rings. The molecule has 1 aliphatic carbocycles. The number of hydrogen-bond donors (Lipinski definition) is 1. The van der Waals surface area contributed by atoms with Crippen molar-refractivity contribution in [2.45, 2.75) is 56.9 Å². The van der Waals surface area contributed by atoms with Crippen LogP contribution in [0.2, 0.25) is 0 Å². The van der Waals surface area contributed by atoms with Gasteiger partial charge in [0.05, 0.1) is 12.7 Å². The van der Waals surface area contributed by atoms with Crippen LogP contribution >= 0.6 is 0 Å². The number of nitrogens with zero attached hydrogens (tertiary/aromatic N) is 7. The van der Waals surface area contributed by atoms with Crippen LogP contribution in [0.4, 0.5) is 8.78 Å². The van der Waals surface area contributed by atoms with Gasteiger partial charge in [-0.3, -0.25) is 9.69 Å². The van der Waals surface area contributed by atoms with Gasteiger partial charge in [0.25, 0.3) is 5.56 Å². The summed E-state index contributed by atoms with van der Waals surface area (Å²) in [7, 11) is 0. The summed E-state index contributed by atoms with van der Waals surface area (Å²) >= 11 is 0. The standard InChI is InChI=1S/C23H26F2N8O/c1-14-11-31(13-18-27-19-4-2-3-9-32(19)29-18)12-16(14)20-28-22(34)17-10-26-21(33(17)30-20)15-5-7-23(24,25)8-6-15/h2-4,9-10,14-16H,5-8,11-13H2,1H3,(H,28,30,34). The van der Waals surface area contributed by atoms with E-state index in [0.717, 1.165) is 18.0 Å². The van der Waals surface area contributed by atoms with Crippen LogP contribution in [-0.2, 0) is 6.54 Å². The minimum Gasteiger partial charge on any atom is -0.307 e. The fraction of sp³-hybridized carbons (Fsp3) is 0.522. The van der Waals surface area contributed by atoms with Gasteiger partial charge in [0.1, 0.15) is 11.6 Å². The molecule has 0 bridgehead atoms. The Morgan fingerprint density at radius 1 is 1.18 bits per heavy atom. The maximum Gasteiger partial charge on any atom is 0.276 e. The lowest BCUT2D eigenvalue weighted by atomic mass is 9.86. The third kappa shape index (κ3) is 3.77. The summed E-state index contributed by atoms with van der Waals surface area (Å²) in [6.45, 7) is 4.30. The number of pyridine rings is 1. The van der Waals surface area contributed by atoms with Gasteiger partial charge in [0.15, 0.2) is 17.0 Å². The number of aromatic nitrogens is 7. The highest BCUT2D eigenvalue weighted by atomic mass is 19.3. The number of halogens is 2. The molecule has 2 unspecified atom stereocenters. The quantitative estimate of drug-likeness (QED) is 0.495. The van der Waals surface area contributed by atoms with Crippen molar-refractivity contribution in [3.63, 3.8) is 0 Å². The van der Waals surface area contributed by atoms with Crippen molar-refractivity contribution in [3.8, 4) is 0 Å². The number of alkyl halides is 2. The Bertz CT molecular complexity index is 1370. The molecule has 0 aromatic carbocycles. The Hall–Kier alpha value is -3.21. The molecule has 11 heteroatoms. The summed E-state index contributed by atoms with van der Waals surface area (Å²) in [6.07, 6.45) is 3.74. The Morgan fingerprint density at radius 2 is 2.00 bits per heavy atom. The number of H-pyrrole nitrogens is 1. The zero-order valence-corrected chi connectivity index (χ0v) is 18.9. The van der Waals surface area contributed by atoms with Crippen LogP contribution in [0.3, 0.4) is 0 Å². The van der Waals surface area contributed by atoms with Crippen molar-refractivity contribution >= 4 is 11.2 Å². The van der Waals surface area contributed by atoms with Crippen molar-refractivity contribution in [1.29, 1.82) is 0 Å². The van der Waals surface area contributed by atoms with E-state index in [1.54, 1.807) is 9.03 Å². The van der Waals surface area contributed by atoms with Crippen LogP contribution in [0.1, 0.15) is 61.9 Å². The van der Waals surface area contributed by atoms with E-state index in [1.165, 1.54) is 6.20 Å². The number of likely N-dealkylation sites (tertiary alicyclic amines) is 1. The van der Waals surface area contributed by atoms with E-state index in [-0.39, 0.29) is 36.2 Å². The Morgan fingerprint density at radius 3 is 2.79 bits per heavy atom. The molecule has 0 spiro atoms. The molecule has 2 atom stereocenters. The molecule has 4 aromatic rings. The predicted molar refractivity (Wildman–Crippen MR) is 120 cm³/mol. The first-order valence-electron chi connectivity index (χ1n) is 11.7. The minimum atomic E-state index is -2.61. The molecular formula is C23H26F2N8O. The minimum absolute atomic E-state index is 0.0278. The zero-order chi connectivity index (χ0) is 23.4. The van der Waals surface area contributed by atoms with Crippen LogP contribution in [0, 0.1) is 5.92 Å². The lowest BCUT2D eigenvalue weighted by Crippen LogP contribution is -2.26. The van der Waals surface area contributed by atoms with E-state index in [1.807, 2.05) is 24.4 Å². The second-order valence-electron chi connectivity index (χ2n) is 9.69. The highest BCUT2D eigenvalue weighted by Gasteiger charge is 2.38. The highest BCUT2D eigenvalue weighted by molar-refractivity contribution is 5.42. The van der Waals surface area contributed by atoms with Gasteiger partial charge in [-0.1, -0.05) is 13.0 Å². The number of rotatable bonds is 4. The monoisotopic (exact) mass is 468 g/mol. The second kappa shape index (κ2) is 7.93. The average molecular weight is 469 g/mol. The molecular weight excluding hydrogens is 442 g/mol. The van der Waals surface area contributed by atoms with Gasteiger partial charge in [-0.25, -0.2) is 27.8 Å².